The molecule has 9 fully saturated rings. The number of halogens is 4. The van der Waals surface area contributed by atoms with E-state index in [1.807, 2.05) is 0 Å². The van der Waals surface area contributed by atoms with E-state index < -0.39 is 0 Å². The normalized spacial score (nSPS) is 60.3. The smallest absolute Gasteiger partial charge is 0.0639 e. The first-order chi connectivity index (χ1) is 21.5. The highest BCUT2D eigenvalue weighted by Crippen LogP contribution is 2.51. The van der Waals surface area contributed by atoms with Crippen LogP contribution in [0.5, 0.6) is 0 Å². The molecule has 9 aliphatic rings. The third-order valence-electron chi connectivity index (χ3n) is 13.9. The van der Waals surface area contributed by atoms with E-state index in [0.29, 0.717) is 88.7 Å². The number of alkyl halides is 4. The minimum Gasteiger partial charge on any atom is -0.286 e. The van der Waals surface area contributed by atoms with E-state index in [0.717, 1.165) is 23.7 Å². The first kappa shape index (κ1) is 32.5. The average Bonchev–Trinajstić information content (AvgIpc) is 3.78. The quantitative estimate of drug-likeness (QED) is 0.135. The van der Waals surface area contributed by atoms with E-state index in [1.54, 1.807) is 0 Å². The van der Waals surface area contributed by atoms with E-state index >= 15 is 0 Å². The van der Waals surface area contributed by atoms with Crippen LogP contribution in [-0.2, 0) is 0 Å². The Labute approximate surface area is 318 Å². The molecule has 8 bridgehead atoms. The van der Waals surface area contributed by atoms with Crippen LogP contribution in [0.4, 0.5) is 0 Å². The fourth-order valence-electron chi connectivity index (χ4n) is 11.9. The van der Waals surface area contributed by atoms with Gasteiger partial charge in [0.15, 0.2) is 0 Å². The summed E-state index contributed by atoms with van der Waals surface area (Å²) >= 11 is 11.3. The maximum atomic E-state index is 4.33. The Balaban J connectivity index is 1.08. The van der Waals surface area contributed by atoms with Crippen molar-refractivity contribution in [1.29, 1.82) is 0 Å². The summed E-state index contributed by atoms with van der Waals surface area (Å²) in [6.45, 7) is 0. The molecule has 4 saturated carbocycles. The van der Waals surface area contributed by atoms with Gasteiger partial charge >= 0.3 is 0 Å². The van der Waals surface area contributed by atoms with Crippen molar-refractivity contribution >= 4 is 90.4 Å². The summed E-state index contributed by atoms with van der Waals surface area (Å²) in [5, 5.41) is 34.2. The molecule has 248 valence electrons. The Morgan fingerprint density at radius 1 is 0.273 bits per heavy atom. The molecule has 0 radical (unpaired) electrons. The van der Waals surface area contributed by atoms with Gasteiger partial charge in [-0.25, -0.2) is 0 Å². The summed E-state index contributed by atoms with van der Waals surface area (Å²) in [4.78, 5) is 0. The molecule has 20 unspecified atom stereocenters. The van der Waals surface area contributed by atoms with E-state index in [-0.39, 0.29) is 0 Å². The summed E-state index contributed by atoms with van der Waals surface area (Å²) in [6, 6.07) is 0. The highest BCUT2D eigenvalue weighted by Gasteiger charge is 2.59. The topological polar surface area (TPSA) is 96.2 Å². The van der Waals surface area contributed by atoms with Gasteiger partial charge in [0, 0.05) is 27.5 Å². The van der Waals surface area contributed by atoms with Gasteiger partial charge in [-0.15, -0.1) is 0 Å². The fourth-order valence-corrected chi connectivity index (χ4v) is 18.0. The number of hydrogen-bond acceptors (Lipinski definition) is 8. The predicted octanol–water partition coefficient (Wildman–Crippen LogP) is 4.26. The Morgan fingerprint density at radius 2 is 0.477 bits per heavy atom. The molecule has 0 amide bonds. The molecule has 0 aromatic rings. The Bertz CT molecular complexity index is 982. The van der Waals surface area contributed by atoms with Crippen molar-refractivity contribution in [3.05, 3.63) is 0 Å². The minimum atomic E-state index is 0.332. The standard InChI is InChI=1S/C32H52I4N8/c33-21-19-20(22(34)24(36)23(21)35)32-43-30-18-12-6-4-10-16(18)28(41-30)39-26-14-8-2-1-7-13(14)25(37-26)38-27-15-9-3-5-11-17(15)29(40-27)42-31(19)44-32/h13-32,37-44H,1-12H2. The molecule has 8 N–H and O–H groups in total. The lowest BCUT2D eigenvalue weighted by molar-refractivity contribution is 0.172. The van der Waals surface area contributed by atoms with Gasteiger partial charge in [0.05, 0.1) is 49.3 Å². The van der Waals surface area contributed by atoms with E-state index in [2.05, 4.69) is 133 Å². The van der Waals surface area contributed by atoms with Gasteiger partial charge in [0.25, 0.3) is 0 Å². The van der Waals surface area contributed by atoms with Crippen LogP contribution in [0.25, 0.3) is 0 Å². The lowest BCUT2D eigenvalue weighted by Crippen LogP contribution is -2.62. The highest BCUT2D eigenvalue weighted by molar-refractivity contribution is 14.1. The summed E-state index contributed by atoms with van der Waals surface area (Å²) in [6.07, 6.45) is 19.5. The van der Waals surface area contributed by atoms with Gasteiger partial charge < -0.3 is 0 Å². The van der Waals surface area contributed by atoms with Crippen molar-refractivity contribution < 1.29 is 0 Å². The fraction of sp³-hybridized carbons (Fsp3) is 1.00. The third kappa shape index (κ3) is 5.55. The van der Waals surface area contributed by atoms with Crippen LogP contribution >= 0.6 is 90.4 Å². The first-order valence-corrected chi connectivity index (χ1v) is 23.1. The summed E-state index contributed by atoms with van der Waals surface area (Å²) in [5.41, 5.74) is 0. The lowest BCUT2D eigenvalue weighted by Gasteiger charge is -2.45. The van der Waals surface area contributed by atoms with E-state index in [9.17, 15) is 0 Å². The minimum absolute atomic E-state index is 0.332. The third-order valence-corrected chi connectivity index (χ3v) is 24.4. The molecule has 8 nitrogen and oxygen atoms in total. The van der Waals surface area contributed by atoms with Gasteiger partial charge in [-0.3, -0.25) is 42.5 Å². The van der Waals surface area contributed by atoms with Crippen molar-refractivity contribution in [2.24, 2.45) is 47.3 Å². The largest absolute Gasteiger partial charge is 0.286 e. The zero-order chi connectivity index (χ0) is 29.7. The Morgan fingerprint density at radius 3 is 0.727 bits per heavy atom. The second-order valence-corrected chi connectivity index (χ2v) is 21.7. The number of fused-ring (bicyclic) bond motifs is 20. The van der Waals surface area contributed by atoms with Crippen molar-refractivity contribution in [3.63, 3.8) is 0 Å². The molecule has 0 aromatic carbocycles. The number of nitrogens with one attached hydrogen (secondary N) is 8. The molecule has 44 heavy (non-hydrogen) atoms. The number of rotatable bonds is 0. The highest BCUT2D eigenvalue weighted by atomic mass is 127. The van der Waals surface area contributed by atoms with Crippen LogP contribution in [-0.4, -0.2) is 65.0 Å². The maximum Gasteiger partial charge on any atom is 0.0639 e. The Kier molecular flexibility index (Phi) is 9.82. The van der Waals surface area contributed by atoms with Crippen LogP contribution in [0.3, 0.4) is 0 Å². The van der Waals surface area contributed by atoms with Gasteiger partial charge in [-0.1, -0.05) is 129 Å². The van der Waals surface area contributed by atoms with Crippen molar-refractivity contribution in [2.75, 3.05) is 0 Å². The molecule has 9 rings (SSSR count). The molecular formula is C32H52I4N8. The second-order valence-electron chi connectivity index (χ2n) is 15.9. The molecule has 5 aliphatic heterocycles. The van der Waals surface area contributed by atoms with Crippen LogP contribution in [0.1, 0.15) is 77.0 Å². The van der Waals surface area contributed by atoms with Gasteiger partial charge in [-0.05, 0) is 74.0 Å². The SMILES string of the molecule is IC1C(I)C(I)C2C3NC4NC(NC5NC(NC6NC(NC(N3)C2C1I)C1CCCCC61)C1CCCCC51)C1CCCCC41. The first-order valence-electron chi connectivity index (χ1n) is 18.1. The van der Waals surface area contributed by atoms with Crippen molar-refractivity contribution in [1.82, 2.24) is 42.5 Å². The molecule has 0 aromatic heterocycles. The summed E-state index contributed by atoms with van der Waals surface area (Å²) < 4.78 is 2.68. The molecule has 5 saturated heterocycles. The van der Waals surface area contributed by atoms with Gasteiger partial charge in [0.2, 0.25) is 0 Å². The van der Waals surface area contributed by atoms with E-state index in [4.69, 9.17) is 0 Å². The van der Waals surface area contributed by atoms with E-state index in [1.165, 1.54) is 77.0 Å². The molecule has 4 aliphatic carbocycles. The van der Waals surface area contributed by atoms with Crippen LogP contribution in [0.2, 0.25) is 0 Å². The van der Waals surface area contributed by atoms with Crippen molar-refractivity contribution in [3.8, 4) is 0 Å². The molecule has 0 spiro atoms. The Hall–Kier alpha value is 2.60. The molecule has 5 heterocycles. The van der Waals surface area contributed by atoms with Crippen molar-refractivity contribution in [2.45, 2.75) is 142 Å². The average molecular weight is 1060 g/mol. The zero-order valence-electron chi connectivity index (χ0n) is 25.5. The second kappa shape index (κ2) is 13.3. The summed E-state index contributed by atoms with van der Waals surface area (Å²) in [7, 11) is 0. The van der Waals surface area contributed by atoms with Gasteiger partial charge in [0.1, 0.15) is 0 Å². The molecule has 20 atom stereocenters. The molecule has 12 heteroatoms. The number of hydrogen-bond donors (Lipinski definition) is 8. The monoisotopic (exact) mass is 1060 g/mol. The molecular weight excluding hydrogens is 1000 g/mol. The zero-order valence-corrected chi connectivity index (χ0v) is 34.2. The summed E-state index contributed by atoms with van der Waals surface area (Å²) in [5.74, 6) is 5.55. The predicted molar refractivity (Wildman–Crippen MR) is 210 cm³/mol. The maximum absolute atomic E-state index is 4.33. The van der Waals surface area contributed by atoms with Crippen LogP contribution in [0.15, 0.2) is 0 Å². The lowest BCUT2D eigenvalue weighted by atomic mass is 9.76. The van der Waals surface area contributed by atoms with Gasteiger partial charge in [-0.2, -0.15) is 0 Å². The van der Waals surface area contributed by atoms with Crippen LogP contribution in [0, 0.1) is 47.3 Å². The van der Waals surface area contributed by atoms with Crippen LogP contribution < -0.4 is 42.5 Å².